The summed E-state index contributed by atoms with van der Waals surface area (Å²) in [6.07, 6.45) is 7.23. The van der Waals surface area contributed by atoms with Crippen LogP contribution in [0.15, 0.2) is 67.0 Å². The molecular formula is C26H27ClN6O. The van der Waals surface area contributed by atoms with Gasteiger partial charge in [0.05, 0.1) is 17.6 Å². The number of piperidine rings is 1. The number of aromatic nitrogens is 4. The molecule has 2 N–H and O–H groups in total. The molecule has 0 aliphatic carbocycles. The van der Waals surface area contributed by atoms with Gasteiger partial charge in [-0.3, -0.25) is 5.10 Å². The molecule has 0 bridgehead atoms. The van der Waals surface area contributed by atoms with Crippen LogP contribution in [-0.2, 0) is 0 Å². The zero-order valence-corrected chi connectivity index (χ0v) is 19.8. The molecule has 1 saturated heterocycles. The molecule has 4 aromatic rings. The minimum Gasteiger partial charge on any atom is -0.492 e. The lowest BCUT2D eigenvalue weighted by Crippen LogP contribution is -2.40. The van der Waals surface area contributed by atoms with Crippen molar-refractivity contribution in [1.82, 2.24) is 25.1 Å². The number of benzene rings is 2. The van der Waals surface area contributed by atoms with Gasteiger partial charge < -0.3 is 15.0 Å². The second-order valence-electron chi connectivity index (χ2n) is 8.53. The van der Waals surface area contributed by atoms with Crippen LogP contribution in [0.2, 0.25) is 5.02 Å². The number of halogens is 1. The number of nitrogens with one attached hydrogen (secondary N) is 2. The van der Waals surface area contributed by atoms with Gasteiger partial charge in [-0.25, -0.2) is 9.97 Å². The van der Waals surface area contributed by atoms with Crippen LogP contribution in [0.5, 0.6) is 5.75 Å². The second kappa shape index (κ2) is 10.2. The summed E-state index contributed by atoms with van der Waals surface area (Å²) >= 11 is 6.04. The summed E-state index contributed by atoms with van der Waals surface area (Å²) in [6.45, 7) is 1.83. The molecule has 2 aromatic heterocycles. The number of hydrogen-bond acceptors (Lipinski definition) is 6. The fraction of sp³-hybridized carbons (Fsp3) is 0.269. The monoisotopic (exact) mass is 474 g/mol. The van der Waals surface area contributed by atoms with E-state index in [4.69, 9.17) is 21.3 Å². The molecule has 1 aliphatic rings. The number of likely N-dealkylation sites (N-methyl/N-ethyl adjacent to an activating group) is 1. The highest BCUT2D eigenvalue weighted by Crippen LogP contribution is 2.30. The lowest BCUT2D eigenvalue weighted by molar-refractivity contribution is 0.125. The van der Waals surface area contributed by atoms with Crippen molar-refractivity contribution < 1.29 is 4.74 Å². The van der Waals surface area contributed by atoms with Gasteiger partial charge in [-0.1, -0.05) is 36.2 Å². The Bertz CT molecular complexity index is 1240. The van der Waals surface area contributed by atoms with Crippen LogP contribution in [-0.4, -0.2) is 51.3 Å². The average Bonchev–Trinajstić information content (AvgIpc) is 3.35. The molecule has 0 radical (unpaired) electrons. The van der Waals surface area contributed by atoms with Crippen molar-refractivity contribution in [2.75, 3.05) is 25.5 Å². The average molecular weight is 475 g/mol. The van der Waals surface area contributed by atoms with Crippen LogP contribution in [0.4, 0.5) is 11.6 Å². The fourth-order valence-corrected chi connectivity index (χ4v) is 4.35. The molecule has 174 valence electrons. The highest BCUT2D eigenvalue weighted by molar-refractivity contribution is 6.30. The number of ether oxygens (including phenoxy) is 1. The smallest absolute Gasteiger partial charge is 0.227 e. The van der Waals surface area contributed by atoms with Crippen molar-refractivity contribution >= 4 is 23.2 Å². The first-order valence-electron chi connectivity index (χ1n) is 11.5. The summed E-state index contributed by atoms with van der Waals surface area (Å²) in [5.74, 6) is 1.34. The number of likely N-dealkylation sites (tertiary alicyclic amines) is 1. The minimum atomic E-state index is 0.468. The first-order valence-corrected chi connectivity index (χ1v) is 11.9. The second-order valence-corrected chi connectivity index (χ2v) is 8.96. The van der Waals surface area contributed by atoms with Crippen LogP contribution < -0.4 is 10.1 Å². The van der Waals surface area contributed by atoms with Gasteiger partial charge in [0.15, 0.2) is 0 Å². The van der Waals surface area contributed by atoms with E-state index in [1.165, 1.54) is 19.3 Å². The molecule has 3 heterocycles. The zero-order valence-electron chi connectivity index (χ0n) is 19.0. The van der Waals surface area contributed by atoms with E-state index in [-0.39, 0.29) is 0 Å². The Kier molecular flexibility index (Phi) is 6.74. The highest BCUT2D eigenvalue weighted by Gasteiger charge is 2.19. The maximum atomic E-state index is 6.11. The van der Waals surface area contributed by atoms with Gasteiger partial charge in [-0.2, -0.15) is 5.10 Å². The van der Waals surface area contributed by atoms with Crippen LogP contribution in [0.25, 0.3) is 22.5 Å². The van der Waals surface area contributed by atoms with Gasteiger partial charge >= 0.3 is 0 Å². The van der Waals surface area contributed by atoms with Crippen LogP contribution in [0.1, 0.15) is 19.3 Å². The van der Waals surface area contributed by atoms with Gasteiger partial charge in [-0.15, -0.1) is 0 Å². The summed E-state index contributed by atoms with van der Waals surface area (Å²) in [4.78, 5) is 11.5. The van der Waals surface area contributed by atoms with Crippen molar-refractivity contribution in [3.8, 4) is 28.3 Å². The Morgan fingerprint density at radius 3 is 2.88 bits per heavy atom. The van der Waals surface area contributed by atoms with E-state index in [0.29, 0.717) is 23.6 Å². The Morgan fingerprint density at radius 2 is 2.03 bits per heavy atom. The van der Waals surface area contributed by atoms with E-state index in [1.807, 2.05) is 54.6 Å². The molecule has 0 amide bonds. The summed E-state index contributed by atoms with van der Waals surface area (Å²) in [7, 11) is 2.17. The topological polar surface area (TPSA) is 79.0 Å². The van der Waals surface area contributed by atoms with E-state index in [2.05, 4.69) is 32.4 Å². The van der Waals surface area contributed by atoms with Crippen LogP contribution in [0.3, 0.4) is 0 Å². The Hall–Kier alpha value is -3.42. The van der Waals surface area contributed by atoms with Crippen molar-refractivity contribution in [1.29, 1.82) is 0 Å². The Morgan fingerprint density at radius 1 is 1.15 bits per heavy atom. The molecule has 0 saturated carbocycles. The van der Waals surface area contributed by atoms with Gasteiger partial charge in [0, 0.05) is 40.1 Å². The van der Waals surface area contributed by atoms with Gasteiger partial charge in [0.2, 0.25) is 5.95 Å². The van der Waals surface area contributed by atoms with E-state index in [1.54, 1.807) is 12.4 Å². The lowest BCUT2D eigenvalue weighted by atomic mass is 10.0. The number of rotatable bonds is 7. The third-order valence-electron chi connectivity index (χ3n) is 6.16. The molecule has 0 spiro atoms. The molecule has 1 atom stereocenters. The third-order valence-corrected chi connectivity index (χ3v) is 6.41. The van der Waals surface area contributed by atoms with Crippen LogP contribution in [0, 0.1) is 0 Å². The third kappa shape index (κ3) is 5.21. The highest BCUT2D eigenvalue weighted by atomic mass is 35.5. The minimum absolute atomic E-state index is 0.468. The van der Waals surface area contributed by atoms with Crippen LogP contribution >= 0.6 is 11.6 Å². The molecular weight excluding hydrogens is 448 g/mol. The van der Waals surface area contributed by atoms with E-state index in [9.17, 15) is 0 Å². The van der Waals surface area contributed by atoms with E-state index in [0.717, 1.165) is 40.5 Å². The maximum absolute atomic E-state index is 6.11. The number of aromatic amines is 1. The Labute approximate surface area is 204 Å². The van der Waals surface area contributed by atoms with Crippen molar-refractivity contribution in [3.05, 3.63) is 72.0 Å². The summed E-state index contributed by atoms with van der Waals surface area (Å²) in [5.41, 5.74) is 4.39. The first-order chi connectivity index (χ1) is 16.7. The normalized spacial score (nSPS) is 16.4. The maximum Gasteiger partial charge on any atom is 0.227 e. The number of anilines is 2. The summed E-state index contributed by atoms with van der Waals surface area (Å²) < 4.78 is 6.11. The molecule has 7 nitrogen and oxygen atoms in total. The molecule has 34 heavy (non-hydrogen) atoms. The first kappa shape index (κ1) is 22.4. The standard InChI is InChI=1S/C26H27ClN6O/c1-33-14-3-2-6-21(33)17-34-22-7-4-5-20(15-22)30-26-28-13-12-24(31-26)23-16-29-32-25(23)18-8-10-19(27)11-9-18/h4-5,7-13,15-16,21H,2-3,6,14,17H2,1H3,(H,29,32)(H,28,30,31). The SMILES string of the molecule is CN1CCCCC1COc1cccc(Nc2nccc(-c3cn[nH]c3-c3ccc(Cl)cc3)n2)c1. The fourth-order valence-electron chi connectivity index (χ4n) is 4.23. The van der Waals surface area contributed by atoms with Crippen molar-refractivity contribution in [2.45, 2.75) is 25.3 Å². The Balaban J connectivity index is 1.30. The van der Waals surface area contributed by atoms with E-state index < -0.39 is 0 Å². The lowest BCUT2D eigenvalue weighted by Gasteiger charge is -2.32. The van der Waals surface area contributed by atoms with Gasteiger partial charge in [0.1, 0.15) is 12.4 Å². The predicted molar refractivity (Wildman–Crippen MR) is 136 cm³/mol. The molecule has 1 aliphatic heterocycles. The summed E-state index contributed by atoms with van der Waals surface area (Å²) in [6, 6.07) is 17.9. The zero-order chi connectivity index (χ0) is 23.3. The number of H-pyrrole nitrogens is 1. The molecule has 1 unspecified atom stereocenters. The molecule has 5 rings (SSSR count). The van der Waals surface area contributed by atoms with Gasteiger partial charge in [-0.05, 0) is 56.8 Å². The number of hydrogen-bond donors (Lipinski definition) is 2. The largest absolute Gasteiger partial charge is 0.492 e. The predicted octanol–water partition coefficient (Wildman–Crippen LogP) is 5.79. The van der Waals surface area contributed by atoms with Gasteiger partial charge in [0.25, 0.3) is 0 Å². The number of nitrogens with zero attached hydrogens (tertiary/aromatic N) is 4. The van der Waals surface area contributed by atoms with Crippen molar-refractivity contribution in [2.24, 2.45) is 0 Å². The van der Waals surface area contributed by atoms with E-state index >= 15 is 0 Å². The molecule has 2 aromatic carbocycles. The molecule has 1 fully saturated rings. The molecule has 8 heteroatoms. The summed E-state index contributed by atoms with van der Waals surface area (Å²) in [5, 5.41) is 11.3. The quantitative estimate of drug-likeness (QED) is 0.352. The van der Waals surface area contributed by atoms with Crippen molar-refractivity contribution in [3.63, 3.8) is 0 Å².